The number of fused-ring (bicyclic) bond motifs is 1. The number of nitrogens with zero attached hydrogens (tertiary/aromatic N) is 3. The number of hydrogen-bond donors (Lipinski definition) is 1. The zero-order valence-corrected chi connectivity index (χ0v) is 16.6. The van der Waals surface area contributed by atoms with Gasteiger partial charge in [0.2, 0.25) is 0 Å². The van der Waals surface area contributed by atoms with Gasteiger partial charge in [0, 0.05) is 31.6 Å². The molecule has 2 atom stereocenters. The molecule has 0 unspecified atom stereocenters. The lowest BCUT2D eigenvalue weighted by molar-refractivity contribution is -0.00702. The van der Waals surface area contributed by atoms with E-state index in [9.17, 15) is 13.6 Å². The molecule has 2 heterocycles. The fourth-order valence-electron chi connectivity index (χ4n) is 3.43. The maximum Gasteiger partial charge on any atom is 0.274 e. The van der Waals surface area contributed by atoms with Gasteiger partial charge in [-0.1, -0.05) is 6.07 Å². The Morgan fingerprint density at radius 3 is 2.68 bits per heavy atom. The van der Waals surface area contributed by atoms with E-state index in [0.717, 1.165) is 23.4 Å². The number of aromatic nitrogens is 2. The van der Waals surface area contributed by atoms with Crippen LogP contribution in [0, 0.1) is 11.6 Å². The summed E-state index contributed by atoms with van der Waals surface area (Å²) < 4.78 is 32.6. The van der Waals surface area contributed by atoms with Crippen LogP contribution in [-0.4, -0.2) is 59.2 Å². The first-order valence-corrected chi connectivity index (χ1v) is 9.36. The molecule has 152 valence electrons. The molecule has 0 radical (unpaired) electrons. The third kappa shape index (κ3) is 4.39. The van der Waals surface area contributed by atoms with Gasteiger partial charge in [-0.15, -0.1) is 0 Å². The Morgan fingerprint density at radius 2 is 2.00 bits per heavy atom. The molecule has 0 fully saturated rings. The Balaban J connectivity index is 1.87. The first-order chi connectivity index (χ1) is 13.3. The van der Waals surface area contributed by atoms with Crippen molar-refractivity contribution in [3.8, 4) is 0 Å². The van der Waals surface area contributed by atoms with Gasteiger partial charge in [0.25, 0.3) is 5.91 Å². The van der Waals surface area contributed by atoms with Crippen molar-refractivity contribution >= 4 is 5.91 Å². The van der Waals surface area contributed by atoms with Gasteiger partial charge in [-0.25, -0.2) is 8.78 Å². The van der Waals surface area contributed by atoms with Crippen LogP contribution in [-0.2, 0) is 17.7 Å². The topological polar surface area (TPSA) is 61.5 Å². The minimum Gasteiger partial charge on any atom is -0.369 e. The maximum absolute atomic E-state index is 13.6. The highest BCUT2D eigenvalue weighted by atomic mass is 19.2. The lowest BCUT2D eigenvalue weighted by atomic mass is 9.99. The molecule has 0 bridgehead atoms. The van der Waals surface area contributed by atoms with Gasteiger partial charge in [0.1, 0.15) is 0 Å². The Morgan fingerprint density at radius 1 is 1.25 bits per heavy atom. The summed E-state index contributed by atoms with van der Waals surface area (Å²) in [6.07, 6.45) is 0.437. The number of halogens is 2. The first kappa shape index (κ1) is 20.4. The number of H-pyrrole nitrogens is 1. The van der Waals surface area contributed by atoms with E-state index in [1.807, 2.05) is 32.8 Å². The van der Waals surface area contributed by atoms with Crippen molar-refractivity contribution in [2.45, 2.75) is 39.0 Å². The number of ether oxygens (including phenoxy) is 1. The number of carbonyl (C=O) groups excluding carboxylic acids is 1. The summed E-state index contributed by atoms with van der Waals surface area (Å²) in [5.41, 5.74) is 2.59. The van der Waals surface area contributed by atoms with Crippen LogP contribution in [0.1, 0.15) is 47.3 Å². The molecule has 2 aromatic rings. The van der Waals surface area contributed by atoms with Crippen LogP contribution < -0.4 is 0 Å². The number of aromatic amines is 1. The van der Waals surface area contributed by atoms with Crippen molar-refractivity contribution in [2.75, 3.05) is 27.2 Å². The van der Waals surface area contributed by atoms with Crippen molar-refractivity contribution in [3.63, 3.8) is 0 Å². The molecule has 0 saturated carbocycles. The number of likely N-dealkylation sites (N-methyl/N-ethyl adjacent to an activating group) is 1. The summed E-state index contributed by atoms with van der Waals surface area (Å²) in [6, 6.07) is 3.70. The lowest BCUT2D eigenvalue weighted by Crippen LogP contribution is -2.37. The number of hydrogen-bond acceptors (Lipinski definition) is 4. The van der Waals surface area contributed by atoms with Crippen molar-refractivity contribution in [3.05, 3.63) is 52.3 Å². The molecule has 1 N–H and O–H groups in total. The molecule has 0 aliphatic carbocycles. The Kier molecular flexibility index (Phi) is 6.10. The number of benzene rings is 1. The molecule has 0 saturated heterocycles. The molecular formula is C20H26F2N4O2. The van der Waals surface area contributed by atoms with Gasteiger partial charge in [0.05, 0.1) is 17.9 Å². The highest BCUT2D eigenvalue weighted by molar-refractivity contribution is 5.94. The molecule has 28 heavy (non-hydrogen) atoms. The number of nitrogens with one attached hydrogen (secondary N) is 1. The summed E-state index contributed by atoms with van der Waals surface area (Å²) >= 11 is 0. The predicted octanol–water partition coefficient (Wildman–Crippen LogP) is 2.91. The SMILES string of the molecule is C[C@@H]1Cc2c(C(=O)N(CCN(C)C)Cc3ccc(F)c(F)c3)n[nH]c2[C@H](C)O1. The van der Waals surface area contributed by atoms with E-state index < -0.39 is 11.6 Å². The standard InChI is InChI=1S/C20H26F2N4O2/c1-12-9-15-18(13(2)28-12)23-24-19(15)20(27)26(8-7-25(3)4)11-14-5-6-16(21)17(22)10-14/h5-6,10,12-13H,7-9,11H2,1-4H3,(H,23,24)/t12-,13+/m1/s1. The number of carbonyl (C=O) groups is 1. The van der Waals surface area contributed by atoms with Crippen molar-refractivity contribution < 1.29 is 18.3 Å². The van der Waals surface area contributed by atoms with E-state index in [1.54, 1.807) is 4.90 Å². The van der Waals surface area contributed by atoms with E-state index in [-0.39, 0.29) is 24.7 Å². The monoisotopic (exact) mass is 392 g/mol. The maximum atomic E-state index is 13.6. The molecule has 6 nitrogen and oxygen atoms in total. The van der Waals surface area contributed by atoms with Crippen LogP contribution in [0.2, 0.25) is 0 Å². The van der Waals surface area contributed by atoms with Crippen molar-refractivity contribution in [2.24, 2.45) is 0 Å². The Bertz CT molecular complexity index is 853. The van der Waals surface area contributed by atoms with Gasteiger partial charge in [-0.05, 0) is 45.6 Å². The third-order valence-electron chi connectivity index (χ3n) is 4.90. The molecule has 1 aromatic carbocycles. The van der Waals surface area contributed by atoms with E-state index in [1.165, 1.54) is 6.07 Å². The predicted molar refractivity (Wildman–Crippen MR) is 101 cm³/mol. The van der Waals surface area contributed by atoms with Gasteiger partial charge < -0.3 is 14.5 Å². The van der Waals surface area contributed by atoms with E-state index >= 15 is 0 Å². The van der Waals surface area contributed by atoms with Crippen LogP contribution in [0.3, 0.4) is 0 Å². The average molecular weight is 392 g/mol. The van der Waals surface area contributed by atoms with Gasteiger partial charge >= 0.3 is 0 Å². The van der Waals surface area contributed by atoms with E-state index in [4.69, 9.17) is 4.74 Å². The molecule has 1 aliphatic heterocycles. The summed E-state index contributed by atoms with van der Waals surface area (Å²) in [5.74, 6) is -2.06. The molecule has 1 aromatic heterocycles. The fourth-order valence-corrected chi connectivity index (χ4v) is 3.43. The minimum absolute atomic E-state index is 0.00642. The summed E-state index contributed by atoms with van der Waals surface area (Å²) in [4.78, 5) is 16.9. The zero-order valence-electron chi connectivity index (χ0n) is 16.6. The highest BCUT2D eigenvalue weighted by Crippen LogP contribution is 2.30. The van der Waals surface area contributed by atoms with Gasteiger partial charge in [-0.2, -0.15) is 5.10 Å². The Hall–Kier alpha value is -2.32. The summed E-state index contributed by atoms with van der Waals surface area (Å²) in [6.45, 7) is 5.14. The molecule has 0 spiro atoms. The molecule has 3 rings (SSSR count). The van der Waals surface area contributed by atoms with Gasteiger partial charge in [-0.3, -0.25) is 9.89 Å². The largest absolute Gasteiger partial charge is 0.369 e. The number of rotatable bonds is 6. The van der Waals surface area contributed by atoms with Crippen molar-refractivity contribution in [1.29, 1.82) is 0 Å². The van der Waals surface area contributed by atoms with Crippen LogP contribution in [0.25, 0.3) is 0 Å². The second kappa shape index (κ2) is 8.36. The first-order valence-electron chi connectivity index (χ1n) is 9.36. The molecule has 1 aliphatic rings. The third-order valence-corrected chi connectivity index (χ3v) is 4.90. The highest BCUT2D eigenvalue weighted by Gasteiger charge is 2.31. The van der Waals surface area contributed by atoms with E-state index in [2.05, 4.69) is 10.2 Å². The second-order valence-corrected chi connectivity index (χ2v) is 7.54. The lowest BCUT2D eigenvalue weighted by Gasteiger charge is -2.27. The quantitative estimate of drug-likeness (QED) is 0.821. The summed E-state index contributed by atoms with van der Waals surface area (Å²) in [5, 5.41) is 7.20. The fraction of sp³-hybridized carbons (Fsp3) is 0.500. The average Bonchev–Trinajstić information content (AvgIpc) is 3.05. The normalized spacial score (nSPS) is 19.0. The molecule has 8 heteroatoms. The zero-order chi connectivity index (χ0) is 20.4. The minimum atomic E-state index is -0.922. The van der Waals surface area contributed by atoms with Crippen LogP contribution in [0.5, 0.6) is 0 Å². The smallest absolute Gasteiger partial charge is 0.274 e. The Labute approximate surface area is 163 Å². The summed E-state index contributed by atoms with van der Waals surface area (Å²) in [7, 11) is 3.83. The van der Waals surface area contributed by atoms with Crippen molar-refractivity contribution in [1.82, 2.24) is 20.0 Å². The molecule has 1 amide bonds. The van der Waals surface area contributed by atoms with Crippen LogP contribution in [0.4, 0.5) is 8.78 Å². The van der Waals surface area contributed by atoms with Gasteiger partial charge in [0.15, 0.2) is 17.3 Å². The second-order valence-electron chi connectivity index (χ2n) is 7.54. The number of amides is 1. The van der Waals surface area contributed by atoms with Crippen LogP contribution >= 0.6 is 0 Å². The molecular weight excluding hydrogens is 366 g/mol. The van der Waals surface area contributed by atoms with Crippen LogP contribution in [0.15, 0.2) is 18.2 Å². The van der Waals surface area contributed by atoms with E-state index in [0.29, 0.717) is 30.8 Å².